The number of benzene rings is 3. The Bertz CT molecular complexity index is 1140. The summed E-state index contributed by atoms with van der Waals surface area (Å²) in [6.45, 7) is 4.83. The first-order valence-electron chi connectivity index (χ1n) is 9.74. The lowest BCUT2D eigenvalue weighted by Gasteiger charge is -2.15. The first-order chi connectivity index (χ1) is 14.2. The normalized spacial score (nSPS) is 12.1. The molecule has 1 aromatic heterocycles. The minimum Gasteiger partial charge on any atom is -0.325 e. The average molecular weight is 402 g/mol. The van der Waals surface area contributed by atoms with Gasteiger partial charge in [-0.25, -0.2) is 4.98 Å². The molecule has 29 heavy (non-hydrogen) atoms. The van der Waals surface area contributed by atoms with Crippen molar-refractivity contribution in [2.75, 3.05) is 5.32 Å². The molecular formula is C24H23N3OS. The van der Waals surface area contributed by atoms with Crippen LogP contribution in [-0.2, 0) is 11.3 Å². The molecule has 0 unspecified atom stereocenters. The number of fused-ring (bicyclic) bond motifs is 1. The number of anilines is 1. The van der Waals surface area contributed by atoms with Gasteiger partial charge in [0.2, 0.25) is 5.91 Å². The van der Waals surface area contributed by atoms with Crippen molar-refractivity contribution < 1.29 is 4.79 Å². The molecule has 0 bridgehead atoms. The number of rotatable bonds is 6. The molecule has 0 saturated heterocycles. The monoisotopic (exact) mass is 401 g/mol. The summed E-state index contributed by atoms with van der Waals surface area (Å²) in [7, 11) is 0. The lowest BCUT2D eigenvalue weighted by molar-refractivity contribution is -0.115. The van der Waals surface area contributed by atoms with Gasteiger partial charge in [-0.3, -0.25) is 4.79 Å². The van der Waals surface area contributed by atoms with E-state index in [2.05, 4.69) is 22.9 Å². The van der Waals surface area contributed by atoms with Gasteiger partial charge in [-0.05, 0) is 37.6 Å². The van der Waals surface area contributed by atoms with Crippen molar-refractivity contribution >= 4 is 34.4 Å². The summed E-state index contributed by atoms with van der Waals surface area (Å²) in [4.78, 5) is 17.7. The van der Waals surface area contributed by atoms with Crippen molar-refractivity contribution in [1.29, 1.82) is 0 Å². The molecule has 0 radical (unpaired) electrons. The number of hydrogen-bond donors (Lipinski definition) is 1. The van der Waals surface area contributed by atoms with Gasteiger partial charge in [0.05, 0.1) is 16.3 Å². The van der Waals surface area contributed by atoms with E-state index in [1.165, 1.54) is 11.8 Å². The van der Waals surface area contributed by atoms with Crippen molar-refractivity contribution in [3.05, 3.63) is 78.9 Å². The molecule has 1 heterocycles. The minimum absolute atomic E-state index is 0.0342. The molecule has 4 nitrogen and oxygen atoms in total. The number of aryl methyl sites for hydroxylation is 1. The van der Waals surface area contributed by atoms with Crippen LogP contribution in [0.15, 0.2) is 84.0 Å². The molecule has 1 N–H and O–H groups in total. The van der Waals surface area contributed by atoms with Gasteiger partial charge < -0.3 is 9.88 Å². The molecule has 0 aliphatic rings. The van der Waals surface area contributed by atoms with Crippen LogP contribution in [0.25, 0.3) is 22.2 Å². The van der Waals surface area contributed by atoms with E-state index in [1.54, 1.807) is 0 Å². The topological polar surface area (TPSA) is 46.9 Å². The second kappa shape index (κ2) is 8.53. The Kier molecular flexibility index (Phi) is 5.67. The molecule has 4 aromatic rings. The summed E-state index contributed by atoms with van der Waals surface area (Å²) in [5, 5.41) is 3.69. The van der Waals surface area contributed by atoms with Crippen molar-refractivity contribution in [3.8, 4) is 11.1 Å². The molecule has 146 valence electrons. The Morgan fingerprint density at radius 2 is 1.69 bits per heavy atom. The van der Waals surface area contributed by atoms with Crippen molar-refractivity contribution in [2.45, 2.75) is 30.8 Å². The number of carbonyl (C=O) groups is 1. The minimum atomic E-state index is -0.277. The molecule has 0 saturated carbocycles. The predicted molar refractivity (Wildman–Crippen MR) is 121 cm³/mol. The lowest BCUT2D eigenvalue weighted by atomic mass is 10.0. The van der Waals surface area contributed by atoms with Gasteiger partial charge in [0.1, 0.15) is 0 Å². The first kappa shape index (κ1) is 19.3. The maximum Gasteiger partial charge on any atom is 0.237 e. The zero-order valence-electron chi connectivity index (χ0n) is 16.5. The molecule has 0 fully saturated rings. The largest absolute Gasteiger partial charge is 0.325 e. The van der Waals surface area contributed by atoms with Gasteiger partial charge in [0, 0.05) is 17.8 Å². The number of nitrogens with zero attached hydrogens (tertiary/aromatic N) is 2. The van der Waals surface area contributed by atoms with Crippen LogP contribution in [-0.4, -0.2) is 20.7 Å². The molecular weight excluding hydrogens is 378 g/mol. The van der Waals surface area contributed by atoms with Crippen LogP contribution in [0.5, 0.6) is 0 Å². The van der Waals surface area contributed by atoms with Gasteiger partial charge in [-0.15, -0.1) is 0 Å². The van der Waals surface area contributed by atoms with Crippen molar-refractivity contribution in [1.82, 2.24) is 9.55 Å². The lowest BCUT2D eigenvalue weighted by Crippen LogP contribution is -2.23. The number of nitrogens with one attached hydrogen (secondary N) is 1. The van der Waals surface area contributed by atoms with E-state index in [0.717, 1.165) is 39.5 Å². The quantitative estimate of drug-likeness (QED) is 0.413. The van der Waals surface area contributed by atoms with Gasteiger partial charge in [-0.1, -0.05) is 72.4 Å². The van der Waals surface area contributed by atoms with Crippen LogP contribution in [0, 0.1) is 0 Å². The molecule has 1 amide bonds. The average Bonchev–Trinajstić information content (AvgIpc) is 3.11. The third-order valence-corrected chi connectivity index (χ3v) is 5.95. The Labute approximate surface area is 175 Å². The summed E-state index contributed by atoms with van der Waals surface area (Å²) in [5.41, 5.74) is 4.97. The number of carbonyl (C=O) groups excluding carboxylic acids is 1. The molecule has 0 aliphatic carbocycles. The Hall–Kier alpha value is -3.05. The van der Waals surface area contributed by atoms with Crippen LogP contribution in [0.2, 0.25) is 0 Å². The van der Waals surface area contributed by atoms with E-state index < -0.39 is 0 Å². The maximum atomic E-state index is 12.9. The number of aromatic nitrogens is 2. The highest BCUT2D eigenvalue weighted by atomic mass is 32.2. The maximum absolute atomic E-state index is 12.9. The summed E-state index contributed by atoms with van der Waals surface area (Å²) in [5.74, 6) is -0.0342. The SMILES string of the molecule is CCn1c(S[C@H](C)C(=O)Nc2ccccc2-c2ccccc2)nc2ccccc21. The zero-order chi connectivity index (χ0) is 20.2. The van der Waals surface area contributed by atoms with Crippen LogP contribution < -0.4 is 5.32 Å². The zero-order valence-corrected chi connectivity index (χ0v) is 17.3. The number of hydrogen-bond acceptors (Lipinski definition) is 3. The highest BCUT2D eigenvalue weighted by Gasteiger charge is 2.20. The molecule has 0 spiro atoms. The smallest absolute Gasteiger partial charge is 0.237 e. The highest BCUT2D eigenvalue weighted by Crippen LogP contribution is 2.30. The van der Waals surface area contributed by atoms with Crippen molar-refractivity contribution in [2.24, 2.45) is 0 Å². The second-order valence-corrected chi connectivity index (χ2v) is 8.10. The summed E-state index contributed by atoms with van der Waals surface area (Å²) in [6, 6.07) is 26.1. The number of amides is 1. The van der Waals surface area contributed by atoms with E-state index >= 15 is 0 Å². The Balaban J connectivity index is 1.55. The fourth-order valence-corrected chi connectivity index (χ4v) is 4.34. The van der Waals surface area contributed by atoms with Gasteiger partial charge in [-0.2, -0.15) is 0 Å². The number of para-hydroxylation sites is 3. The number of imidazole rings is 1. The summed E-state index contributed by atoms with van der Waals surface area (Å²) >= 11 is 1.49. The van der Waals surface area contributed by atoms with Crippen molar-refractivity contribution in [3.63, 3.8) is 0 Å². The third kappa shape index (κ3) is 4.05. The van der Waals surface area contributed by atoms with Crippen LogP contribution in [0.4, 0.5) is 5.69 Å². The van der Waals surface area contributed by atoms with Gasteiger partial charge >= 0.3 is 0 Å². The molecule has 0 aliphatic heterocycles. The summed E-state index contributed by atoms with van der Waals surface area (Å²) < 4.78 is 2.15. The van der Waals surface area contributed by atoms with E-state index in [-0.39, 0.29) is 11.2 Å². The molecule has 3 aromatic carbocycles. The van der Waals surface area contributed by atoms with Crippen LogP contribution in [0.1, 0.15) is 13.8 Å². The van der Waals surface area contributed by atoms with Gasteiger partial charge in [0.25, 0.3) is 0 Å². The van der Waals surface area contributed by atoms with Crippen LogP contribution >= 0.6 is 11.8 Å². The van der Waals surface area contributed by atoms with E-state index in [1.807, 2.05) is 79.7 Å². The second-order valence-electron chi connectivity index (χ2n) is 6.79. The fraction of sp³-hybridized carbons (Fsp3) is 0.167. The standard InChI is InChI=1S/C24H23N3OS/c1-3-27-22-16-10-9-15-21(22)26-24(27)29-17(2)23(28)25-20-14-8-7-13-19(20)18-11-5-4-6-12-18/h4-17H,3H2,1-2H3,(H,25,28)/t17-/m1/s1. The molecule has 4 rings (SSSR count). The van der Waals surface area contributed by atoms with Gasteiger partial charge in [0.15, 0.2) is 5.16 Å². The first-order valence-corrected chi connectivity index (χ1v) is 10.6. The Morgan fingerprint density at radius 3 is 2.48 bits per heavy atom. The van der Waals surface area contributed by atoms with E-state index in [9.17, 15) is 4.79 Å². The predicted octanol–water partition coefficient (Wildman–Crippen LogP) is 5.84. The molecule has 1 atom stereocenters. The molecule has 5 heteroatoms. The summed E-state index contributed by atoms with van der Waals surface area (Å²) in [6.07, 6.45) is 0. The van der Waals surface area contributed by atoms with E-state index in [0.29, 0.717) is 0 Å². The highest BCUT2D eigenvalue weighted by molar-refractivity contribution is 8.00. The fourth-order valence-electron chi connectivity index (χ4n) is 3.36. The number of thioether (sulfide) groups is 1. The third-order valence-electron chi connectivity index (χ3n) is 4.86. The van der Waals surface area contributed by atoms with Crippen LogP contribution in [0.3, 0.4) is 0 Å². The Morgan fingerprint density at radius 1 is 1.00 bits per heavy atom. The van der Waals surface area contributed by atoms with E-state index in [4.69, 9.17) is 4.98 Å².